The first-order chi connectivity index (χ1) is 8.70. The largest absolute Gasteiger partial charge is 0.313 e. The Morgan fingerprint density at radius 2 is 2.17 bits per heavy atom. The number of nitrogens with one attached hydrogen (secondary N) is 1. The van der Waals surface area contributed by atoms with Crippen molar-refractivity contribution in [2.45, 2.75) is 12.5 Å². The number of halogens is 2. The molecule has 1 atom stereocenters. The fraction of sp³-hybridized carbons (Fsp3) is 0.231. The predicted octanol–water partition coefficient (Wildman–Crippen LogP) is 2.77. The van der Waals surface area contributed by atoms with Gasteiger partial charge in [-0.3, -0.25) is 0 Å². The first-order valence-corrected chi connectivity index (χ1v) is 5.96. The van der Waals surface area contributed by atoms with Crippen LogP contribution in [0.25, 0.3) is 0 Å². The smallest absolute Gasteiger partial charge is 0.142 e. The monoisotopic (exact) mass is 265 g/mol. The predicted molar refractivity (Wildman–Crippen MR) is 68.9 cm³/mol. The first kappa shape index (κ1) is 12.9. The molecule has 0 fully saturated rings. The van der Waals surface area contributed by atoms with Crippen molar-refractivity contribution in [1.29, 1.82) is 0 Å². The van der Waals surface area contributed by atoms with E-state index in [4.69, 9.17) is 11.6 Å². The quantitative estimate of drug-likeness (QED) is 0.924. The second kappa shape index (κ2) is 5.89. The molecule has 0 aliphatic rings. The minimum Gasteiger partial charge on any atom is -0.313 e. The van der Waals surface area contributed by atoms with E-state index in [2.05, 4.69) is 15.5 Å². The van der Waals surface area contributed by atoms with E-state index >= 15 is 0 Å². The molecule has 3 nitrogen and oxygen atoms in total. The molecule has 1 aromatic carbocycles. The Bertz CT molecular complexity index is 519. The molecule has 0 aliphatic heterocycles. The Labute approximate surface area is 110 Å². The summed E-state index contributed by atoms with van der Waals surface area (Å²) in [5.41, 5.74) is 1.90. The molecule has 0 aliphatic carbocycles. The third-order valence-electron chi connectivity index (χ3n) is 2.78. The van der Waals surface area contributed by atoms with Crippen molar-refractivity contribution in [3.63, 3.8) is 0 Å². The Hall–Kier alpha value is -1.52. The summed E-state index contributed by atoms with van der Waals surface area (Å²) in [5, 5.41) is 10.9. The Morgan fingerprint density at radius 3 is 2.78 bits per heavy atom. The van der Waals surface area contributed by atoms with Gasteiger partial charge in [0, 0.05) is 12.2 Å². The topological polar surface area (TPSA) is 37.8 Å². The number of hydrogen-bond acceptors (Lipinski definition) is 3. The normalized spacial score (nSPS) is 12.4. The number of hydrogen-bond donors (Lipinski definition) is 1. The fourth-order valence-corrected chi connectivity index (χ4v) is 1.91. The number of nitrogens with zero attached hydrogens (tertiary/aromatic N) is 2. The minimum atomic E-state index is -0.392. The molecule has 1 heterocycles. The van der Waals surface area contributed by atoms with E-state index in [9.17, 15) is 4.39 Å². The van der Waals surface area contributed by atoms with Gasteiger partial charge in [-0.15, -0.1) is 0 Å². The Balaban J connectivity index is 2.18. The van der Waals surface area contributed by atoms with Gasteiger partial charge in [-0.1, -0.05) is 17.7 Å². The second-order valence-electron chi connectivity index (χ2n) is 3.97. The summed E-state index contributed by atoms with van der Waals surface area (Å²) in [7, 11) is 1.86. The van der Waals surface area contributed by atoms with Crippen molar-refractivity contribution < 1.29 is 4.39 Å². The molecule has 1 aromatic heterocycles. The maximum Gasteiger partial charge on any atom is 0.142 e. The highest BCUT2D eigenvalue weighted by atomic mass is 35.5. The van der Waals surface area contributed by atoms with Gasteiger partial charge >= 0.3 is 0 Å². The molecule has 0 saturated heterocycles. The molecular weight excluding hydrogens is 253 g/mol. The van der Waals surface area contributed by atoms with Gasteiger partial charge in [0.15, 0.2) is 0 Å². The fourth-order valence-electron chi connectivity index (χ4n) is 1.80. The standard InChI is InChI=1S/C13H13ClFN3/c1-16-13(10-4-5-17-18-8-10)7-9-2-3-11(14)12(15)6-9/h2-6,8,13,16H,7H2,1H3. The van der Waals surface area contributed by atoms with Crippen LogP contribution in [0.3, 0.4) is 0 Å². The van der Waals surface area contributed by atoms with Crippen LogP contribution in [-0.2, 0) is 6.42 Å². The summed E-state index contributed by atoms with van der Waals surface area (Å²) in [6, 6.07) is 6.82. The second-order valence-corrected chi connectivity index (χ2v) is 4.38. The van der Waals surface area contributed by atoms with Gasteiger partial charge in [-0.05, 0) is 42.8 Å². The highest BCUT2D eigenvalue weighted by Crippen LogP contribution is 2.20. The van der Waals surface area contributed by atoms with E-state index in [-0.39, 0.29) is 11.1 Å². The van der Waals surface area contributed by atoms with Crippen LogP contribution in [-0.4, -0.2) is 17.2 Å². The summed E-state index contributed by atoms with van der Waals surface area (Å²) in [4.78, 5) is 0. The molecule has 0 spiro atoms. The molecule has 0 amide bonds. The van der Waals surface area contributed by atoms with Crippen molar-refractivity contribution in [3.8, 4) is 0 Å². The molecular formula is C13H13ClFN3. The Kier molecular flexibility index (Phi) is 4.23. The lowest BCUT2D eigenvalue weighted by atomic mass is 10.0. The summed E-state index contributed by atoms with van der Waals surface area (Å²) >= 11 is 5.66. The lowest BCUT2D eigenvalue weighted by Crippen LogP contribution is -2.19. The van der Waals surface area contributed by atoms with Crippen molar-refractivity contribution >= 4 is 11.6 Å². The zero-order valence-corrected chi connectivity index (χ0v) is 10.7. The summed E-state index contributed by atoms with van der Waals surface area (Å²) in [6.07, 6.45) is 4.01. The number of likely N-dealkylation sites (N-methyl/N-ethyl adjacent to an activating group) is 1. The maximum absolute atomic E-state index is 13.4. The number of benzene rings is 1. The third-order valence-corrected chi connectivity index (χ3v) is 3.09. The van der Waals surface area contributed by atoms with Gasteiger partial charge in [0.05, 0.1) is 11.2 Å². The summed E-state index contributed by atoms with van der Waals surface area (Å²) in [5.74, 6) is -0.392. The van der Waals surface area contributed by atoms with Gasteiger partial charge in [0.2, 0.25) is 0 Å². The van der Waals surface area contributed by atoms with E-state index in [0.29, 0.717) is 6.42 Å². The highest BCUT2D eigenvalue weighted by molar-refractivity contribution is 6.30. The molecule has 0 bridgehead atoms. The van der Waals surface area contributed by atoms with E-state index in [1.807, 2.05) is 19.2 Å². The van der Waals surface area contributed by atoms with Crippen LogP contribution < -0.4 is 5.32 Å². The molecule has 5 heteroatoms. The molecule has 1 unspecified atom stereocenters. The van der Waals surface area contributed by atoms with E-state index < -0.39 is 5.82 Å². The zero-order chi connectivity index (χ0) is 13.0. The van der Waals surface area contributed by atoms with Gasteiger partial charge in [0.25, 0.3) is 0 Å². The van der Waals surface area contributed by atoms with Crippen LogP contribution in [0.15, 0.2) is 36.7 Å². The summed E-state index contributed by atoms with van der Waals surface area (Å²) < 4.78 is 13.4. The van der Waals surface area contributed by atoms with Gasteiger partial charge in [-0.2, -0.15) is 10.2 Å². The van der Waals surface area contributed by atoms with Crippen LogP contribution >= 0.6 is 11.6 Å². The third kappa shape index (κ3) is 3.03. The van der Waals surface area contributed by atoms with Crippen LogP contribution in [0.4, 0.5) is 4.39 Å². The first-order valence-electron chi connectivity index (χ1n) is 5.58. The van der Waals surface area contributed by atoms with E-state index in [0.717, 1.165) is 11.1 Å². The van der Waals surface area contributed by atoms with Gasteiger partial charge < -0.3 is 5.32 Å². The Morgan fingerprint density at radius 1 is 1.33 bits per heavy atom. The lowest BCUT2D eigenvalue weighted by Gasteiger charge is -2.16. The lowest BCUT2D eigenvalue weighted by molar-refractivity contribution is 0.581. The average molecular weight is 266 g/mol. The van der Waals surface area contributed by atoms with E-state index in [1.54, 1.807) is 18.5 Å². The van der Waals surface area contributed by atoms with Crippen molar-refractivity contribution in [2.75, 3.05) is 7.05 Å². The minimum absolute atomic E-state index is 0.0704. The molecule has 2 rings (SSSR count). The SMILES string of the molecule is CNC(Cc1ccc(Cl)c(F)c1)c1ccnnc1. The van der Waals surface area contributed by atoms with Gasteiger partial charge in [0.1, 0.15) is 5.82 Å². The maximum atomic E-state index is 13.4. The molecule has 94 valence electrons. The highest BCUT2D eigenvalue weighted by Gasteiger charge is 2.11. The number of aromatic nitrogens is 2. The number of rotatable bonds is 4. The molecule has 0 radical (unpaired) electrons. The average Bonchev–Trinajstić information content (AvgIpc) is 2.41. The van der Waals surface area contributed by atoms with Crippen molar-refractivity contribution in [3.05, 3.63) is 58.6 Å². The zero-order valence-electron chi connectivity index (χ0n) is 9.90. The van der Waals surface area contributed by atoms with Crippen LogP contribution in [0.2, 0.25) is 5.02 Å². The molecule has 0 saturated carbocycles. The van der Waals surface area contributed by atoms with Gasteiger partial charge in [-0.25, -0.2) is 4.39 Å². The van der Waals surface area contributed by atoms with E-state index in [1.165, 1.54) is 6.07 Å². The molecule has 18 heavy (non-hydrogen) atoms. The molecule has 2 aromatic rings. The van der Waals surface area contributed by atoms with Crippen LogP contribution in [0, 0.1) is 5.82 Å². The van der Waals surface area contributed by atoms with Crippen LogP contribution in [0.1, 0.15) is 17.2 Å². The van der Waals surface area contributed by atoms with Crippen molar-refractivity contribution in [1.82, 2.24) is 15.5 Å². The van der Waals surface area contributed by atoms with Crippen LogP contribution in [0.5, 0.6) is 0 Å². The molecule has 1 N–H and O–H groups in total. The van der Waals surface area contributed by atoms with Crippen molar-refractivity contribution in [2.24, 2.45) is 0 Å². The summed E-state index contributed by atoms with van der Waals surface area (Å²) in [6.45, 7) is 0.